The Morgan fingerprint density at radius 3 is 1.89 bits per heavy atom. The van der Waals surface area contributed by atoms with Gasteiger partial charge < -0.3 is 14.9 Å². The molecule has 146 valence electrons. The molecular formula is C21H25N5O2. The van der Waals surface area contributed by atoms with Gasteiger partial charge in [0.05, 0.1) is 5.69 Å². The first-order valence-corrected chi connectivity index (χ1v) is 9.69. The van der Waals surface area contributed by atoms with Crippen LogP contribution in [0, 0.1) is 0 Å². The van der Waals surface area contributed by atoms with Gasteiger partial charge in [-0.05, 0) is 55.0 Å². The molecule has 2 aromatic carbocycles. The van der Waals surface area contributed by atoms with Crippen LogP contribution in [0.2, 0.25) is 0 Å². The van der Waals surface area contributed by atoms with Crippen LogP contribution in [0.1, 0.15) is 13.3 Å². The highest BCUT2D eigenvalue weighted by Crippen LogP contribution is 2.23. The molecule has 4 rings (SSSR count). The monoisotopic (exact) mass is 379 g/mol. The summed E-state index contributed by atoms with van der Waals surface area (Å²) < 4.78 is 3.08. The van der Waals surface area contributed by atoms with Crippen molar-refractivity contribution in [2.75, 3.05) is 36.0 Å². The maximum atomic E-state index is 12.4. The molecule has 28 heavy (non-hydrogen) atoms. The van der Waals surface area contributed by atoms with Gasteiger partial charge in [-0.1, -0.05) is 6.92 Å². The van der Waals surface area contributed by atoms with Gasteiger partial charge >= 0.3 is 5.69 Å². The molecule has 1 aliphatic rings. The predicted octanol–water partition coefficient (Wildman–Crippen LogP) is 2.48. The van der Waals surface area contributed by atoms with E-state index < -0.39 is 0 Å². The van der Waals surface area contributed by atoms with E-state index in [0.717, 1.165) is 49.7 Å². The van der Waals surface area contributed by atoms with Crippen LogP contribution in [0.3, 0.4) is 0 Å². The highest BCUT2D eigenvalue weighted by Gasteiger charge is 2.18. The lowest BCUT2D eigenvalue weighted by Gasteiger charge is -2.37. The summed E-state index contributed by atoms with van der Waals surface area (Å²) in [7, 11) is 0. The third-order valence-electron chi connectivity index (χ3n) is 5.15. The van der Waals surface area contributed by atoms with Crippen LogP contribution in [-0.4, -0.2) is 45.6 Å². The van der Waals surface area contributed by atoms with E-state index in [2.05, 4.69) is 27.0 Å². The van der Waals surface area contributed by atoms with E-state index in [1.165, 1.54) is 4.68 Å². The number of aromatic nitrogens is 3. The van der Waals surface area contributed by atoms with Gasteiger partial charge in [-0.15, -0.1) is 0 Å². The number of phenolic OH excluding ortho intramolecular Hbond substituents is 1. The maximum Gasteiger partial charge on any atom is 0.350 e. The standard InChI is InChI=1S/C21H25N5O2/c1-2-11-25-16-22-26(21(25)28)19-5-3-17(4-6-19)23-12-14-24(15-13-23)18-7-9-20(27)10-8-18/h3-10,16,27H,2,11-15H2,1H3. The van der Waals surface area contributed by atoms with Crippen molar-refractivity contribution in [3.63, 3.8) is 0 Å². The van der Waals surface area contributed by atoms with Crippen LogP contribution < -0.4 is 15.5 Å². The average molecular weight is 379 g/mol. The number of benzene rings is 2. The lowest BCUT2D eigenvalue weighted by atomic mass is 10.2. The van der Waals surface area contributed by atoms with E-state index in [4.69, 9.17) is 0 Å². The number of rotatable bonds is 5. The molecule has 0 radical (unpaired) electrons. The molecule has 0 amide bonds. The van der Waals surface area contributed by atoms with E-state index >= 15 is 0 Å². The summed E-state index contributed by atoms with van der Waals surface area (Å²) in [6.07, 6.45) is 2.50. The van der Waals surface area contributed by atoms with Crippen molar-refractivity contribution in [1.82, 2.24) is 14.3 Å². The van der Waals surface area contributed by atoms with E-state index in [-0.39, 0.29) is 5.69 Å². The summed E-state index contributed by atoms with van der Waals surface area (Å²) in [6.45, 7) is 6.42. The second kappa shape index (κ2) is 7.80. The minimum atomic E-state index is -0.0999. The van der Waals surface area contributed by atoms with Crippen LogP contribution in [-0.2, 0) is 6.54 Å². The summed E-state index contributed by atoms with van der Waals surface area (Å²) in [4.78, 5) is 17.0. The summed E-state index contributed by atoms with van der Waals surface area (Å²) in [6, 6.07) is 15.4. The van der Waals surface area contributed by atoms with Crippen LogP contribution in [0.15, 0.2) is 59.7 Å². The Morgan fingerprint density at radius 2 is 1.36 bits per heavy atom. The molecule has 1 aromatic heterocycles. The lowest BCUT2D eigenvalue weighted by Crippen LogP contribution is -2.46. The number of aromatic hydroxyl groups is 1. The van der Waals surface area contributed by atoms with Crippen molar-refractivity contribution in [3.8, 4) is 11.4 Å². The fourth-order valence-electron chi connectivity index (χ4n) is 3.60. The molecule has 2 heterocycles. The molecule has 0 atom stereocenters. The van der Waals surface area contributed by atoms with Gasteiger partial charge in [0.2, 0.25) is 0 Å². The van der Waals surface area contributed by atoms with Gasteiger partial charge in [0.1, 0.15) is 12.1 Å². The number of nitrogens with zero attached hydrogens (tertiary/aromatic N) is 5. The fourth-order valence-corrected chi connectivity index (χ4v) is 3.60. The van der Waals surface area contributed by atoms with Crippen LogP contribution in [0.4, 0.5) is 11.4 Å². The molecule has 1 N–H and O–H groups in total. The number of aryl methyl sites for hydroxylation is 1. The maximum absolute atomic E-state index is 12.4. The summed E-state index contributed by atoms with van der Waals surface area (Å²) in [5.74, 6) is 0.293. The Morgan fingerprint density at radius 1 is 0.857 bits per heavy atom. The topological polar surface area (TPSA) is 66.5 Å². The van der Waals surface area contributed by atoms with E-state index in [9.17, 15) is 9.90 Å². The highest BCUT2D eigenvalue weighted by atomic mass is 16.3. The van der Waals surface area contributed by atoms with E-state index in [0.29, 0.717) is 12.3 Å². The zero-order chi connectivity index (χ0) is 19.5. The molecule has 1 aliphatic heterocycles. The number of hydrogen-bond donors (Lipinski definition) is 1. The first kappa shape index (κ1) is 18.2. The van der Waals surface area contributed by atoms with Crippen LogP contribution in [0.25, 0.3) is 5.69 Å². The van der Waals surface area contributed by atoms with Crippen molar-refractivity contribution in [3.05, 3.63) is 65.3 Å². The highest BCUT2D eigenvalue weighted by molar-refractivity contribution is 5.54. The second-order valence-corrected chi connectivity index (χ2v) is 7.03. The van der Waals surface area contributed by atoms with Gasteiger partial charge in [0.15, 0.2) is 0 Å². The number of hydrogen-bond acceptors (Lipinski definition) is 5. The van der Waals surface area contributed by atoms with Gasteiger partial charge in [-0.3, -0.25) is 4.57 Å². The number of phenols is 1. The number of piperazine rings is 1. The van der Waals surface area contributed by atoms with Crippen molar-refractivity contribution in [2.24, 2.45) is 0 Å². The quantitative estimate of drug-likeness (QED) is 0.738. The van der Waals surface area contributed by atoms with Crippen molar-refractivity contribution in [2.45, 2.75) is 19.9 Å². The molecule has 0 bridgehead atoms. The van der Waals surface area contributed by atoms with Gasteiger partial charge in [-0.2, -0.15) is 9.78 Å². The molecule has 0 unspecified atom stereocenters. The van der Waals surface area contributed by atoms with Crippen LogP contribution >= 0.6 is 0 Å². The van der Waals surface area contributed by atoms with Gasteiger partial charge in [-0.25, -0.2) is 4.79 Å². The minimum absolute atomic E-state index is 0.0999. The van der Waals surface area contributed by atoms with Crippen molar-refractivity contribution >= 4 is 11.4 Å². The largest absolute Gasteiger partial charge is 0.508 e. The van der Waals surface area contributed by atoms with Crippen molar-refractivity contribution in [1.29, 1.82) is 0 Å². The molecular weight excluding hydrogens is 354 g/mol. The molecule has 3 aromatic rings. The van der Waals surface area contributed by atoms with Crippen LogP contribution in [0.5, 0.6) is 5.75 Å². The predicted molar refractivity (Wildman–Crippen MR) is 111 cm³/mol. The summed E-state index contributed by atoms with van der Waals surface area (Å²) in [5.41, 5.74) is 2.97. The van der Waals surface area contributed by atoms with E-state index in [1.807, 2.05) is 31.2 Å². The zero-order valence-corrected chi connectivity index (χ0v) is 16.0. The molecule has 0 saturated carbocycles. The van der Waals surface area contributed by atoms with Crippen molar-refractivity contribution < 1.29 is 5.11 Å². The second-order valence-electron chi connectivity index (χ2n) is 7.03. The average Bonchev–Trinajstić information content (AvgIpc) is 3.10. The third kappa shape index (κ3) is 3.60. The molecule has 1 saturated heterocycles. The first-order valence-electron chi connectivity index (χ1n) is 9.69. The zero-order valence-electron chi connectivity index (χ0n) is 16.0. The lowest BCUT2D eigenvalue weighted by molar-refractivity contribution is 0.475. The summed E-state index contributed by atoms with van der Waals surface area (Å²) in [5, 5.41) is 13.7. The Bertz CT molecular complexity index is 967. The molecule has 1 fully saturated rings. The smallest absolute Gasteiger partial charge is 0.350 e. The molecule has 0 aliphatic carbocycles. The number of anilines is 2. The Labute approximate surface area is 164 Å². The Kier molecular flexibility index (Phi) is 5.06. The summed E-state index contributed by atoms with van der Waals surface area (Å²) >= 11 is 0. The fraction of sp³-hybridized carbons (Fsp3) is 0.333. The SMILES string of the molecule is CCCn1cnn(-c2ccc(N3CCN(c4ccc(O)cc4)CC3)cc2)c1=O. The Hall–Kier alpha value is -3.22. The normalized spacial score (nSPS) is 14.5. The molecule has 0 spiro atoms. The van der Waals surface area contributed by atoms with Gasteiger partial charge in [0, 0.05) is 44.1 Å². The van der Waals surface area contributed by atoms with Gasteiger partial charge in [0.25, 0.3) is 0 Å². The Balaban J connectivity index is 1.42. The minimum Gasteiger partial charge on any atom is -0.508 e. The molecule has 7 nitrogen and oxygen atoms in total. The van der Waals surface area contributed by atoms with E-state index in [1.54, 1.807) is 23.0 Å². The third-order valence-corrected chi connectivity index (χ3v) is 5.15. The first-order chi connectivity index (χ1) is 13.7. The molecule has 7 heteroatoms.